The molecule has 6 amide bonds. The number of aliphatic hydroxyl groups is 1. The lowest BCUT2D eigenvalue weighted by molar-refractivity contribution is -0.142. The number of carbonyl (C=O) groups excluding carboxylic acids is 6. The number of benzene rings is 1. The minimum Gasteiger partial charge on any atom is -0.480 e. The average molecular weight is 823 g/mol. The first-order valence-electron chi connectivity index (χ1n) is 18.8. The van der Waals surface area contributed by atoms with E-state index in [-0.39, 0.29) is 37.7 Å². The molecule has 7 atom stereocenters. The quantitative estimate of drug-likeness (QED) is 0.0276. The number of nitrogens with zero attached hydrogens (tertiary/aromatic N) is 1. The number of nitrogens with two attached hydrogens (primary N) is 3. The highest BCUT2D eigenvalue weighted by Gasteiger charge is 2.33. The maximum atomic E-state index is 13.7. The number of aliphatic imine (C=N–C) groups is 1. The highest BCUT2D eigenvalue weighted by molar-refractivity contribution is 7.98. The molecule has 0 fully saturated rings. The molecule has 1 aromatic rings. The Hall–Kier alpha value is -4.95. The fraction of sp³-hybridized carbons (Fsp3) is 0.622. The van der Waals surface area contributed by atoms with Gasteiger partial charge in [0.1, 0.15) is 36.3 Å². The Bertz CT molecular complexity index is 1510. The summed E-state index contributed by atoms with van der Waals surface area (Å²) >= 11 is 1.42. The Kier molecular flexibility index (Phi) is 22.9. The van der Waals surface area contributed by atoms with Gasteiger partial charge in [0.15, 0.2) is 5.96 Å². The molecule has 0 unspecified atom stereocenters. The van der Waals surface area contributed by atoms with E-state index in [1.165, 1.54) is 18.7 Å². The van der Waals surface area contributed by atoms with E-state index in [4.69, 9.17) is 17.2 Å². The smallest absolute Gasteiger partial charge is 0.326 e. The second-order valence-electron chi connectivity index (χ2n) is 14.4. The van der Waals surface area contributed by atoms with Gasteiger partial charge in [-0.25, -0.2) is 4.79 Å². The number of rotatable bonds is 26. The van der Waals surface area contributed by atoms with Crippen molar-refractivity contribution in [2.45, 2.75) is 109 Å². The van der Waals surface area contributed by atoms with Crippen molar-refractivity contribution in [1.82, 2.24) is 31.9 Å². The van der Waals surface area contributed by atoms with Crippen LogP contribution in [0.15, 0.2) is 35.3 Å². The largest absolute Gasteiger partial charge is 0.480 e. The molecular formula is C37H62N10O9S. The van der Waals surface area contributed by atoms with Crippen molar-refractivity contribution in [3.8, 4) is 0 Å². The van der Waals surface area contributed by atoms with Crippen LogP contribution in [0.2, 0.25) is 0 Å². The van der Waals surface area contributed by atoms with Gasteiger partial charge in [0, 0.05) is 13.0 Å². The van der Waals surface area contributed by atoms with E-state index in [1.807, 2.05) is 20.1 Å². The van der Waals surface area contributed by atoms with E-state index in [0.717, 1.165) is 0 Å². The maximum absolute atomic E-state index is 13.7. The molecule has 0 bridgehead atoms. The lowest BCUT2D eigenvalue weighted by Gasteiger charge is -2.28. The molecule has 0 aliphatic rings. The van der Waals surface area contributed by atoms with Crippen molar-refractivity contribution in [2.75, 3.05) is 25.2 Å². The molecule has 0 spiro atoms. The third-order valence-electron chi connectivity index (χ3n) is 8.60. The van der Waals surface area contributed by atoms with Crippen LogP contribution < -0.4 is 49.1 Å². The summed E-state index contributed by atoms with van der Waals surface area (Å²) in [4.78, 5) is 95.4. The molecule has 0 saturated heterocycles. The summed E-state index contributed by atoms with van der Waals surface area (Å²) in [5.74, 6) is -5.83. The summed E-state index contributed by atoms with van der Waals surface area (Å²) in [6, 6.07) is 0.143. The average Bonchev–Trinajstić information content (AvgIpc) is 3.14. The number of carboxylic acid groups (broad SMARTS) is 1. The molecule has 14 N–H and O–H groups in total. The Labute approximate surface area is 338 Å². The molecule has 0 radical (unpaired) electrons. The molecule has 19 nitrogen and oxygen atoms in total. The van der Waals surface area contributed by atoms with Crippen LogP contribution >= 0.6 is 11.8 Å². The zero-order valence-corrected chi connectivity index (χ0v) is 34.4. The van der Waals surface area contributed by atoms with Crippen LogP contribution in [0.5, 0.6) is 0 Å². The van der Waals surface area contributed by atoms with E-state index in [2.05, 4.69) is 36.9 Å². The predicted molar refractivity (Wildman–Crippen MR) is 217 cm³/mol. The molecule has 1 aromatic carbocycles. The molecule has 0 aromatic heterocycles. The number of nitrogens with one attached hydrogen (secondary N) is 6. The summed E-state index contributed by atoms with van der Waals surface area (Å²) in [7, 11) is 0. The monoisotopic (exact) mass is 822 g/mol. The summed E-state index contributed by atoms with van der Waals surface area (Å²) in [6.45, 7) is 7.78. The van der Waals surface area contributed by atoms with E-state index >= 15 is 0 Å². The number of hydrogen-bond acceptors (Lipinski definition) is 11. The molecule has 0 heterocycles. The first-order chi connectivity index (χ1) is 26.8. The van der Waals surface area contributed by atoms with E-state index in [1.54, 1.807) is 44.2 Å². The number of aliphatic hydroxyl groups excluding tert-OH is 1. The van der Waals surface area contributed by atoms with Crippen molar-refractivity contribution in [1.29, 1.82) is 0 Å². The zero-order chi connectivity index (χ0) is 43.2. The van der Waals surface area contributed by atoms with E-state index < -0.39 is 96.2 Å². The maximum Gasteiger partial charge on any atom is 0.326 e. The zero-order valence-electron chi connectivity index (χ0n) is 33.6. The lowest BCUT2D eigenvalue weighted by Crippen LogP contribution is -2.60. The topological polar surface area (TPSA) is 323 Å². The second kappa shape index (κ2) is 26.1. The molecule has 0 aliphatic heterocycles. The highest BCUT2D eigenvalue weighted by Crippen LogP contribution is 2.10. The number of amides is 6. The van der Waals surface area contributed by atoms with Gasteiger partial charge in [-0.2, -0.15) is 11.8 Å². The van der Waals surface area contributed by atoms with Crippen LogP contribution in [-0.4, -0.2) is 125 Å². The SMILES string of the molecule is CSCC[C@H](NC(=O)[C@H](CCCN=C(N)N)NC(=O)[C@@H](N)CC(C)C)C(=O)N[C@H](C(=O)N[C@@H](C)C(=O)N[C@@H](CO)C(=O)N[C@@H](Cc1ccccc1)C(=O)O)C(C)C. The third-order valence-corrected chi connectivity index (χ3v) is 9.24. The standard InChI is InChI=1S/C37H62N10O9S/c1-20(2)17-24(38)31(50)43-25(13-10-15-41-37(39)40)32(51)44-26(14-16-57-6)33(52)47-29(21(3)4)35(54)42-22(5)30(49)46-28(19-48)34(53)45-27(36(55)56)18-23-11-8-7-9-12-23/h7-9,11-12,20-22,24-29,48H,10,13-19,38H2,1-6H3,(H,42,54)(H,43,50)(H,44,51)(H,45,53)(H,46,49)(H,47,52)(H,55,56)(H4,39,40,41)/t22-,24-,25-,26-,27-,28-,29-/m0/s1. The normalized spacial score (nSPS) is 14.8. The predicted octanol–water partition coefficient (Wildman–Crippen LogP) is -1.93. The number of guanidine groups is 1. The molecule has 57 heavy (non-hydrogen) atoms. The summed E-state index contributed by atoms with van der Waals surface area (Å²) in [5, 5.41) is 34.7. The van der Waals surface area contributed by atoms with Gasteiger partial charge in [-0.05, 0) is 62.0 Å². The van der Waals surface area contributed by atoms with Crippen LogP contribution in [0.1, 0.15) is 65.9 Å². The van der Waals surface area contributed by atoms with Crippen molar-refractivity contribution < 1.29 is 43.8 Å². The first kappa shape index (κ1) is 50.1. The van der Waals surface area contributed by atoms with Crippen LogP contribution in [0.4, 0.5) is 0 Å². The number of aliphatic carboxylic acids is 1. The molecule has 320 valence electrons. The Balaban J connectivity index is 3.05. The minimum atomic E-state index is -1.54. The third kappa shape index (κ3) is 19.2. The van der Waals surface area contributed by atoms with E-state index in [9.17, 15) is 43.8 Å². The summed E-state index contributed by atoms with van der Waals surface area (Å²) in [5.41, 5.74) is 17.5. The first-order valence-corrected chi connectivity index (χ1v) is 20.2. The molecule has 0 aliphatic carbocycles. The van der Waals surface area contributed by atoms with Gasteiger partial charge in [0.05, 0.1) is 12.6 Å². The fourth-order valence-electron chi connectivity index (χ4n) is 5.41. The van der Waals surface area contributed by atoms with Gasteiger partial charge >= 0.3 is 5.97 Å². The minimum absolute atomic E-state index is 0.0460. The van der Waals surface area contributed by atoms with Crippen LogP contribution in [0.25, 0.3) is 0 Å². The van der Waals surface area contributed by atoms with Crippen LogP contribution in [0.3, 0.4) is 0 Å². The van der Waals surface area contributed by atoms with Gasteiger partial charge in [-0.1, -0.05) is 58.0 Å². The van der Waals surface area contributed by atoms with Gasteiger partial charge in [0.25, 0.3) is 0 Å². The Morgan fingerprint density at radius 1 is 0.719 bits per heavy atom. The Morgan fingerprint density at radius 3 is 1.81 bits per heavy atom. The van der Waals surface area contributed by atoms with Crippen molar-refractivity contribution in [2.24, 2.45) is 34.0 Å². The molecule has 0 saturated carbocycles. The molecule has 20 heteroatoms. The van der Waals surface area contributed by atoms with Gasteiger partial charge in [-0.3, -0.25) is 33.8 Å². The number of hydrogen-bond donors (Lipinski definition) is 11. The number of carbonyl (C=O) groups is 7. The second-order valence-corrected chi connectivity index (χ2v) is 15.4. The lowest BCUT2D eigenvalue weighted by atomic mass is 10.0. The molecule has 1 rings (SSSR count). The van der Waals surface area contributed by atoms with Crippen LogP contribution in [-0.2, 0) is 40.0 Å². The fourth-order valence-corrected chi connectivity index (χ4v) is 5.88. The van der Waals surface area contributed by atoms with Gasteiger partial charge < -0.3 is 59.3 Å². The molecular weight excluding hydrogens is 761 g/mol. The number of thioether (sulfide) groups is 1. The van der Waals surface area contributed by atoms with Crippen molar-refractivity contribution in [3.63, 3.8) is 0 Å². The number of carboxylic acids is 1. The van der Waals surface area contributed by atoms with Gasteiger partial charge in [0.2, 0.25) is 35.4 Å². The summed E-state index contributed by atoms with van der Waals surface area (Å²) < 4.78 is 0. The highest BCUT2D eigenvalue weighted by atomic mass is 32.2. The van der Waals surface area contributed by atoms with Crippen LogP contribution in [0, 0.1) is 11.8 Å². The van der Waals surface area contributed by atoms with Crippen molar-refractivity contribution >= 4 is 59.1 Å². The van der Waals surface area contributed by atoms with E-state index in [0.29, 0.717) is 24.2 Å². The van der Waals surface area contributed by atoms with Crippen molar-refractivity contribution in [3.05, 3.63) is 35.9 Å². The Morgan fingerprint density at radius 2 is 1.26 bits per heavy atom. The van der Waals surface area contributed by atoms with Gasteiger partial charge in [-0.15, -0.1) is 0 Å². The summed E-state index contributed by atoms with van der Waals surface area (Å²) in [6.07, 6.45) is 2.77.